The van der Waals surface area contributed by atoms with Crippen LogP contribution in [0.4, 0.5) is 10.5 Å². The SMILES string of the molecule is CCCCNC(=O)N1CCC(c2nc(C(=O)Nc3ccccc3-c3ccccc3)cs2)CC1. The number of anilines is 1. The van der Waals surface area contributed by atoms with Crippen LogP contribution in [0.5, 0.6) is 0 Å². The van der Waals surface area contributed by atoms with Gasteiger partial charge in [-0.25, -0.2) is 9.78 Å². The smallest absolute Gasteiger partial charge is 0.317 e. The van der Waals surface area contributed by atoms with Crippen molar-refractivity contribution in [3.05, 3.63) is 70.7 Å². The van der Waals surface area contributed by atoms with E-state index in [2.05, 4.69) is 22.5 Å². The van der Waals surface area contributed by atoms with Gasteiger partial charge in [-0.05, 0) is 30.9 Å². The number of piperidine rings is 1. The summed E-state index contributed by atoms with van der Waals surface area (Å²) in [6, 6.07) is 17.8. The Hall–Kier alpha value is -3.19. The van der Waals surface area contributed by atoms with Crippen LogP contribution in [0.15, 0.2) is 60.0 Å². The summed E-state index contributed by atoms with van der Waals surface area (Å²) in [6.07, 6.45) is 3.81. The Balaban J connectivity index is 1.36. The highest BCUT2D eigenvalue weighted by Crippen LogP contribution is 2.31. The lowest BCUT2D eigenvalue weighted by molar-refractivity contribution is 0.102. The summed E-state index contributed by atoms with van der Waals surface area (Å²) in [6.45, 7) is 4.28. The van der Waals surface area contributed by atoms with Gasteiger partial charge >= 0.3 is 6.03 Å². The molecule has 1 aliphatic heterocycles. The Morgan fingerprint density at radius 1 is 1.06 bits per heavy atom. The third-order valence-electron chi connectivity index (χ3n) is 5.95. The minimum Gasteiger partial charge on any atom is -0.338 e. The number of nitrogens with zero attached hydrogens (tertiary/aromatic N) is 2. The van der Waals surface area contributed by atoms with E-state index < -0.39 is 0 Å². The highest BCUT2D eigenvalue weighted by molar-refractivity contribution is 7.10. The van der Waals surface area contributed by atoms with E-state index in [1.165, 1.54) is 11.3 Å². The van der Waals surface area contributed by atoms with Crippen LogP contribution in [0.25, 0.3) is 11.1 Å². The number of carbonyl (C=O) groups excluding carboxylic acids is 2. The average Bonchev–Trinajstić information content (AvgIpc) is 3.36. The lowest BCUT2D eigenvalue weighted by Gasteiger charge is -2.31. The molecule has 4 rings (SSSR count). The number of likely N-dealkylation sites (tertiary alicyclic amines) is 1. The molecular weight excluding hydrogens is 432 g/mol. The molecule has 0 spiro atoms. The van der Waals surface area contributed by atoms with Crippen molar-refractivity contribution in [1.29, 1.82) is 0 Å². The van der Waals surface area contributed by atoms with Gasteiger partial charge in [0.05, 0.1) is 5.01 Å². The molecule has 1 aliphatic rings. The van der Waals surface area contributed by atoms with Gasteiger partial charge in [0.2, 0.25) is 0 Å². The van der Waals surface area contributed by atoms with Gasteiger partial charge in [-0.1, -0.05) is 61.9 Å². The van der Waals surface area contributed by atoms with Crippen molar-refractivity contribution >= 4 is 29.0 Å². The van der Waals surface area contributed by atoms with Crippen molar-refractivity contribution in [2.75, 3.05) is 25.0 Å². The molecule has 1 aromatic heterocycles. The van der Waals surface area contributed by atoms with Crippen molar-refractivity contribution in [2.45, 2.75) is 38.5 Å². The molecule has 172 valence electrons. The molecule has 3 aromatic rings. The molecule has 0 bridgehead atoms. The van der Waals surface area contributed by atoms with E-state index in [0.29, 0.717) is 18.8 Å². The molecule has 3 amide bonds. The van der Waals surface area contributed by atoms with Gasteiger partial charge in [-0.2, -0.15) is 0 Å². The van der Waals surface area contributed by atoms with Crippen LogP contribution in [0.1, 0.15) is 54.0 Å². The number of hydrogen-bond donors (Lipinski definition) is 2. The first-order valence-corrected chi connectivity index (χ1v) is 12.5. The molecular formula is C26H30N4O2S. The number of unbranched alkanes of at least 4 members (excludes halogenated alkanes) is 1. The molecule has 6 nitrogen and oxygen atoms in total. The Bertz CT molecular complexity index is 1070. The maximum Gasteiger partial charge on any atom is 0.317 e. The van der Waals surface area contributed by atoms with Gasteiger partial charge in [0.25, 0.3) is 5.91 Å². The summed E-state index contributed by atoms with van der Waals surface area (Å²) < 4.78 is 0. The summed E-state index contributed by atoms with van der Waals surface area (Å²) in [5.74, 6) is 0.0847. The van der Waals surface area contributed by atoms with Crippen molar-refractivity contribution in [3.8, 4) is 11.1 Å². The number of carbonyl (C=O) groups is 2. The van der Waals surface area contributed by atoms with Crippen molar-refractivity contribution in [2.24, 2.45) is 0 Å². The van der Waals surface area contributed by atoms with E-state index in [9.17, 15) is 9.59 Å². The molecule has 0 atom stereocenters. The average molecular weight is 463 g/mol. The zero-order valence-electron chi connectivity index (χ0n) is 18.9. The standard InChI is InChI=1S/C26H30N4O2S/c1-2-3-15-27-26(32)30-16-13-20(14-17-30)25-29-23(18-33-25)24(31)28-22-12-8-7-11-21(22)19-9-5-4-6-10-19/h4-12,18,20H,2-3,13-17H2,1H3,(H,27,32)(H,28,31). The monoisotopic (exact) mass is 462 g/mol. The van der Waals surface area contributed by atoms with Crippen LogP contribution in [0.2, 0.25) is 0 Å². The number of thiazole rings is 1. The maximum absolute atomic E-state index is 12.9. The quantitative estimate of drug-likeness (QED) is 0.439. The number of benzene rings is 2. The fraction of sp³-hybridized carbons (Fsp3) is 0.346. The van der Waals surface area contributed by atoms with E-state index in [0.717, 1.165) is 54.0 Å². The summed E-state index contributed by atoms with van der Waals surface area (Å²) in [5.41, 5.74) is 3.24. The lowest BCUT2D eigenvalue weighted by atomic mass is 9.98. The van der Waals surface area contributed by atoms with Gasteiger partial charge in [-0.3, -0.25) is 4.79 Å². The molecule has 1 saturated heterocycles. The third-order valence-corrected chi connectivity index (χ3v) is 6.96. The van der Waals surface area contributed by atoms with Crippen molar-refractivity contribution in [1.82, 2.24) is 15.2 Å². The Kier molecular flexibility index (Phi) is 7.73. The van der Waals surface area contributed by atoms with Gasteiger partial charge in [0, 0.05) is 42.2 Å². The van der Waals surface area contributed by atoms with E-state index in [1.807, 2.05) is 64.9 Å². The van der Waals surface area contributed by atoms with Gasteiger partial charge < -0.3 is 15.5 Å². The topological polar surface area (TPSA) is 74.3 Å². The number of para-hydroxylation sites is 1. The van der Waals surface area contributed by atoms with Crippen LogP contribution < -0.4 is 10.6 Å². The first kappa shape index (κ1) is 23.0. The second kappa shape index (κ2) is 11.1. The maximum atomic E-state index is 12.9. The first-order chi connectivity index (χ1) is 16.2. The number of hydrogen-bond acceptors (Lipinski definition) is 4. The van der Waals surface area contributed by atoms with Crippen LogP contribution in [0, 0.1) is 0 Å². The summed E-state index contributed by atoms with van der Waals surface area (Å²) >= 11 is 1.53. The third kappa shape index (κ3) is 5.79. The molecule has 2 heterocycles. The number of aromatic nitrogens is 1. The number of amides is 3. The van der Waals surface area contributed by atoms with E-state index in [1.54, 1.807) is 0 Å². The predicted molar refractivity (Wildman–Crippen MR) is 134 cm³/mol. The molecule has 0 saturated carbocycles. The predicted octanol–water partition coefficient (Wildman–Crippen LogP) is 5.75. The second-order valence-electron chi connectivity index (χ2n) is 8.28. The molecule has 2 aromatic carbocycles. The highest BCUT2D eigenvalue weighted by atomic mass is 32.1. The largest absolute Gasteiger partial charge is 0.338 e. The Labute approximate surface area is 199 Å². The van der Waals surface area contributed by atoms with Crippen molar-refractivity contribution in [3.63, 3.8) is 0 Å². The number of urea groups is 1. The van der Waals surface area contributed by atoms with Crippen LogP contribution in [0.3, 0.4) is 0 Å². The number of nitrogens with one attached hydrogen (secondary N) is 2. The normalized spacial score (nSPS) is 14.2. The second-order valence-corrected chi connectivity index (χ2v) is 9.17. The highest BCUT2D eigenvalue weighted by Gasteiger charge is 2.26. The van der Waals surface area contributed by atoms with Crippen LogP contribution >= 0.6 is 11.3 Å². The van der Waals surface area contributed by atoms with E-state index >= 15 is 0 Å². The molecule has 1 fully saturated rings. The minimum absolute atomic E-state index is 0.0261. The number of rotatable bonds is 7. The van der Waals surface area contributed by atoms with Gasteiger partial charge in [0.1, 0.15) is 5.69 Å². The van der Waals surface area contributed by atoms with Crippen molar-refractivity contribution < 1.29 is 9.59 Å². The molecule has 33 heavy (non-hydrogen) atoms. The zero-order chi connectivity index (χ0) is 23.0. The zero-order valence-corrected chi connectivity index (χ0v) is 19.7. The summed E-state index contributed by atoms with van der Waals surface area (Å²) in [4.78, 5) is 31.7. The molecule has 0 radical (unpaired) electrons. The first-order valence-electron chi connectivity index (χ1n) is 11.6. The summed E-state index contributed by atoms with van der Waals surface area (Å²) in [5, 5.41) is 8.83. The lowest BCUT2D eigenvalue weighted by Crippen LogP contribution is -2.44. The van der Waals surface area contributed by atoms with Gasteiger partial charge in [-0.15, -0.1) is 11.3 Å². The van der Waals surface area contributed by atoms with E-state index in [4.69, 9.17) is 0 Å². The van der Waals surface area contributed by atoms with E-state index in [-0.39, 0.29) is 17.9 Å². The fourth-order valence-corrected chi connectivity index (χ4v) is 5.01. The van der Waals surface area contributed by atoms with Crippen LogP contribution in [-0.2, 0) is 0 Å². The molecule has 2 N–H and O–H groups in total. The molecule has 0 unspecified atom stereocenters. The molecule has 7 heteroatoms. The Morgan fingerprint density at radius 3 is 2.55 bits per heavy atom. The van der Waals surface area contributed by atoms with Gasteiger partial charge in [0.15, 0.2) is 0 Å². The minimum atomic E-state index is -0.200. The summed E-state index contributed by atoms with van der Waals surface area (Å²) in [7, 11) is 0. The molecule has 0 aliphatic carbocycles. The van der Waals surface area contributed by atoms with Crippen LogP contribution in [-0.4, -0.2) is 41.5 Å². The fourth-order valence-electron chi connectivity index (χ4n) is 4.04. The Morgan fingerprint density at radius 2 is 1.79 bits per heavy atom.